The zero-order chi connectivity index (χ0) is 24.5. The molecule has 182 valence electrons. The number of aliphatic hydroxyl groups excluding tert-OH is 1. The third-order valence-electron chi connectivity index (χ3n) is 6.09. The second-order valence-corrected chi connectivity index (χ2v) is 8.58. The number of aliphatic hydroxyl groups is 1. The Morgan fingerprint density at radius 2 is 2.03 bits per heavy atom. The van der Waals surface area contributed by atoms with Gasteiger partial charge in [-0.1, -0.05) is 11.8 Å². The zero-order valence-electron chi connectivity index (χ0n) is 19.4. The van der Waals surface area contributed by atoms with Crippen LogP contribution in [-0.4, -0.2) is 77.4 Å². The zero-order valence-corrected chi connectivity index (χ0v) is 19.4. The van der Waals surface area contributed by atoms with Crippen LogP contribution in [0.2, 0.25) is 0 Å². The smallest absolute Gasteiger partial charge is 0.261 e. The first-order chi connectivity index (χ1) is 16.4. The molecule has 2 N–H and O–H groups in total. The van der Waals surface area contributed by atoms with E-state index in [9.17, 15) is 24.3 Å². The number of ether oxygens (including phenoxy) is 1. The van der Waals surface area contributed by atoms with E-state index in [4.69, 9.17) is 4.74 Å². The van der Waals surface area contributed by atoms with Gasteiger partial charge in [-0.2, -0.15) is 0 Å². The largest absolute Gasteiger partial charge is 0.481 e. The van der Waals surface area contributed by atoms with Crippen molar-refractivity contribution < 1.29 is 29.0 Å². The molecule has 2 aliphatic heterocycles. The van der Waals surface area contributed by atoms with Gasteiger partial charge < -0.3 is 14.7 Å². The summed E-state index contributed by atoms with van der Waals surface area (Å²) in [6.07, 6.45) is 3.78. The molecule has 4 amide bonds. The summed E-state index contributed by atoms with van der Waals surface area (Å²) in [5, 5.41) is 11.7. The van der Waals surface area contributed by atoms with E-state index in [-0.39, 0.29) is 31.1 Å². The van der Waals surface area contributed by atoms with Gasteiger partial charge in [-0.15, -0.1) is 0 Å². The van der Waals surface area contributed by atoms with Gasteiger partial charge >= 0.3 is 0 Å². The Hall–Kier alpha value is -3.22. The van der Waals surface area contributed by atoms with Crippen molar-refractivity contribution >= 4 is 24.1 Å². The SMILES string of the molecule is Cc1cc(OCC#CCCCN2CCC(O)CC2)ccc1C(=O)N(C=O)C1CCC(=O)NC1=O. The molecule has 9 nitrogen and oxygen atoms in total. The van der Waals surface area contributed by atoms with Gasteiger partial charge in [0.2, 0.25) is 18.2 Å². The van der Waals surface area contributed by atoms with Crippen LogP contribution in [0.25, 0.3) is 0 Å². The molecule has 1 atom stereocenters. The quantitative estimate of drug-likeness (QED) is 0.253. The number of carbonyl (C=O) groups excluding carboxylic acids is 4. The molecular formula is C25H31N3O6. The minimum atomic E-state index is -1.00. The number of amides is 4. The summed E-state index contributed by atoms with van der Waals surface area (Å²) in [6.45, 7) is 4.80. The maximum Gasteiger partial charge on any atom is 0.261 e. The third-order valence-corrected chi connectivity index (χ3v) is 6.09. The van der Waals surface area contributed by atoms with Crippen LogP contribution in [0.4, 0.5) is 0 Å². The molecule has 0 saturated carbocycles. The van der Waals surface area contributed by atoms with Gasteiger partial charge in [0, 0.05) is 31.5 Å². The van der Waals surface area contributed by atoms with Crippen molar-refractivity contribution in [3.8, 4) is 17.6 Å². The minimum Gasteiger partial charge on any atom is -0.481 e. The number of rotatable bonds is 8. The molecule has 2 heterocycles. The predicted molar refractivity (Wildman–Crippen MR) is 124 cm³/mol. The Labute approximate surface area is 199 Å². The molecule has 1 aromatic carbocycles. The molecule has 1 aromatic rings. The van der Waals surface area contributed by atoms with Crippen LogP contribution in [0.15, 0.2) is 18.2 Å². The molecule has 34 heavy (non-hydrogen) atoms. The highest BCUT2D eigenvalue weighted by Gasteiger charge is 2.35. The van der Waals surface area contributed by atoms with Crippen LogP contribution in [-0.2, 0) is 14.4 Å². The summed E-state index contributed by atoms with van der Waals surface area (Å²) < 4.78 is 5.65. The fraction of sp³-hybridized carbons (Fsp3) is 0.520. The second-order valence-electron chi connectivity index (χ2n) is 8.58. The van der Waals surface area contributed by atoms with Crippen LogP contribution in [0, 0.1) is 18.8 Å². The molecule has 1 unspecified atom stereocenters. The molecule has 0 aliphatic carbocycles. The van der Waals surface area contributed by atoms with Gasteiger partial charge in [0.15, 0.2) is 0 Å². The Morgan fingerprint density at radius 1 is 1.26 bits per heavy atom. The van der Waals surface area contributed by atoms with E-state index in [1.165, 1.54) is 0 Å². The number of nitrogens with zero attached hydrogens (tertiary/aromatic N) is 2. The minimum absolute atomic E-state index is 0.0726. The lowest BCUT2D eigenvalue weighted by Crippen LogP contribution is -2.53. The number of likely N-dealkylation sites (tertiary alicyclic amines) is 1. The van der Waals surface area contributed by atoms with E-state index in [1.807, 2.05) is 0 Å². The van der Waals surface area contributed by atoms with E-state index in [2.05, 4.69) is 22.1 Å². The van der Waals surface area contributed by atoms with Gasteiger partial charge in [-0.05, 0) is 62.9 Å². The van der Waals surface area contributed by atoms with Gasteiger partial charge in [-0.25, -0.2) is 0 Å². The molecule has 2 fully saturated rings. The van der Waals surface area contributed by atoms with Gasteiger partial charge in [-0.3, -0.25) is 29.4 Å². The number of carbonyl (C=O) groups is 4. The number of imide groups is 2. The highest BCUT2D eigenvalue weighted by Crippen LogP contribution is 2.21. The molecule has 3 rings (SSSR count). The fourth-order valence-corrected chi connectivity index (χ4v) is 4.11. The Bertz CT molecular complexity index is 975. The third kappa shape index (κ3) is 6.89. The van der Waals surface area contributed by atoms with Gasteiger partial charge in [0.1, 0.15) is 18.4 Å². The molecular weight excluding hydrogens is 438 g/mol. The van der Waals surface area contributed by atoms with E-state index < -0.39 is 23.8 Å². The maximum atomic E-state index is 12.9. The monoisotopic (exact) mass is 469 g/mol. The van der Waals surface area contributed by atoms with Crippen molar-refractivity contribution in [2.24, 2.45) is 0 Å². The highest BCUT2D eigenvalue weighted by atomic mass is 16.5. The molecule has 9 heteroatoms. The summed E-state index contributed by atoms with van der Waals surface area (Å²) in [7, 11) is 0. The van der Waals surface area contributed by atoms with E-state index in [1.54, 1.807) is 25.1 Å². The van der Waals surface area contributed by atoms with Crippen molar-refractivity contribution in [3.05, 3.63) is 29.3 Å². The van der Waals surface area contributed by atoms with Crippen LogP contribution in [0.1, 0.15) is 54.4 Å². The summed E-state index contributed by atoms with van der Waals surface area (Å²) in [5.41, 5.74) is 0.877. The first-order valence-electron chi connectivity index (χ1n) is 11.6. The molecule has 0 radical (unpaired) electrons. The maximum absolute atomic E-state index is 12.9. The molecule has 2 saturated heterocycles. The highest BCUT2D eigenvalue weighted by molar-refractivity contribution is 6.07. The fourth-order valence-electron chi connectivity index (χ4n) is 4.11. The van der Waals surface area contributed by atoms with Crippen LogP contribution in [0.3, 0.4) is 0 Å². The lowest BCUT2D eigenvalue weighted by Gasteiger charge is -2.29. The summed E-state index contributed by atoms with van der Waals surface area (Å²) in [5.74, 6) is 4.98. The van der Waals surface area contributed by atoms with E-state index in [0.717, 1.165) is 50.2 Å². The number of piperidine rings is 2. The normalized spacial score (nSPS) is 19.1. The van der Waals surface area contributed by atoms with Crippen LogP contribution in [0.5, 0.6) is 5.75 Å². The van der Waals surface area contributed by atoms with Gasteiger partial charge in [0.05, 0.1) is 6.10 Å². The number of hydrogen-bond acceptors (Lipinski definition) is 7. The second kappa shape index (κ2) is 12.3. The number of nitrogens with one attached hydrogen (secondary N) is 1. The number of benzene rings is 1. The average molecular weight is 470 g/mol. The van der Waals surface area contributed by atoms with Crippen molar-refractivity contribution in [2.75, 3.05) is 26.2 Å². The summed E-state index contributed by atoms with van der Waals surface area (Å²) in [6, 6.07) is 3.86. The number of unbranched alkanes of at least 4 members (excludes halogenated alkanes) is 1. The first-order valence-corrected chi connectivity index (χ1v) is 11.6. The summed E-state index contributed by atoms with van der Waals surface area (Å²) in [4.78, 5) is 51.0. The molecule has 2 aliphatic rings. The van der Waals surface area contributed by atoms with Crippen molar-refractivity contribution in [1.29, 1.82) is 0 Å². The Kier molecular flexibility index (Phi) is 9.19. The lowest BCUT2D eigenvalue weighted by molar-refractivity contribution is -0.139. The van der Waals surface area contributed by atoms with Gasteiger partial charge in [0.25, 0.3) is 5.91 Å². The predicted octanol–water partition coefficient (Wildman–Crippen LogP) is 1.02. The lowest BCUT2D eigenvalue weighted by atomic mass is 10.0. The first kappa shape index (κ1) is 25.4. The standard InChI is InChI=1S/C25H31N3O6/c1-18-16-20(34-15-5-3-2-4-12-27-13-10-19(30)11-14-27)6-7-21(18)25(33)28(17-29)22-8-9-23(31)26-24(22)32/h6-7,16-17,19,22,30H,2,4,8-15H2,1H3,(H,26,31,32). The molecule has 0 bridgehead atoms. The molecule has 0 spiro atoms. The van der Waals surface area contributed by atoms with Crippen molar-refractivity contribution in [1.82, 2.24) is 15.1 Å². The van der Waals surface area contributed by atoms with Crippen molar-refractivity contribution in [3.63, 3.8) is 0 Å². The van der Waals surface area contributed by atoms with Crippen LogP contribution >= 0.6 is 0 Å². The number of hydrogen-bond donors (Lipinski definition) is 2. The Morgan fingerprint density at radius 3 is 2.71 bits per heavy atom. The Balaban J connectivity index is 1.46. The summed E-state index contributed by atoms with van der Waals surface area (Å²) >= 11 is 0. The van der Waals surface area contributed by atoms with Crippen molar-refractivity contribution in [2.45, 2.75) is 57.6 Å². The number of aryl methyl sites for hydroxylation is 1. The molecule has 0 aromatic heterocycles. The topological polar surface area (TPSA) is 116 Å². The average Bonchev–Trinajstić information content (AvgIpc) is 2.81. The van der Waals surface area contributed by atoms with E-state index in [0.29, 0.717) is 17.7 Å². The van der Waals surface area contributed by atoms with Crippen LogP contribution < -0.4 is 10.1 Å². The van der Waals surface area contributed by atoms with E-state index >= 15 is 0 Å².